The minimum absolute atomic E-state index is 0.206. The largest absolute Gasteiger partial charge is 0.465 e. The molecule has 0 aliphatic heterocycles. The number of carbonyl (C=O) groups excluding carboxylic acids is 1. The van der Waals surface area contributed by atoms with E-state index in [1.165, 1.54) is 7.11 Å². The van der Waals surface area contributed by atoms with Crippen molar-refractivity contribution in [1.29, 1.82) is 0 Å². The van der Waals surface area contributed by atoms with Gasteiger partial charge in [-0.3, -0.25) is 0 Å². The normalized spacial score (nSPS) is 10.1. The molecule has 1 rings (SSSR count). The average molecular weight is 214 g/mol. The Hall–Kier alpha value is -1.09. The first kappa shape index (κ1) is 11.0. The molecule has 0 atom stereocenters. The molecule has 0 unspecified atom stereocenters. The lowest BCUT2D eigenvalue weighted by molar-refractivity contribution is 0.0599. The molecule has 1 aromatic rings. The lowest BCUT2D eigenvalue weighted by atomic mass is 10.0. The smallest absolute Gasteiger partial charge is 0.341 e. The van der Waals surface area contributed by atoms with E-state index in [1.54, 1.807) is 0 Å². The summed E-state index contributed by atoms with van der Waals surface area (Å²) in [4.78, 5) is 15.4. The highest BCUT2D eigenvalue weighted by atomic mass is 35.5. The molecule has 0 spiro atoms. The molecule has 1 aromatic heterocycles. The number of aromatic nitrogens is 1. The van der Waals surface area contributed by atoms with Gasteiger partial charge in [0.15, 0.2) is 0 Å². The Kier molecular flexibility index (Phi) is 3.11. The highest BCUT2D eigenvalue weighted by Crippen LogP contribution is 2.23. The van der Waals surface area contributed by atoms with Crippen LogP contribution in [0.2, 0.25) is 5.15 Å². The number of hydrogen-bond acceptors (Lipinski definition) is 3. The van der Waals surface area contributed by atoms with Crippen molar-refractivity contribution in [2.24, 2.45) is 0 Å². The van der Waals surface area contributed by atoms with E-state index in [1.807, 2.05) is 20.8 Å². The van der Waals surface area contributed by atoms with Gasteiger partial charge in [0, 0.05) is 5.69 Å². The highest BCUT2D eigenvalue weighted by Gasteiger charge is 2.17. The number of hydrogen-bond donors (Lipinski definition) is 0. The van der Waals surface area contributed by atoms with Crippen LogP contribution in [0.15, 0.2) is 0 Å². The molecule has 0 saturated heterocycles. The maximum atomic E-state index is 11.4. The minimum Gasteiger partial charge on any atom is -0.465 e. The maximum absolute atomic E-state index is 11.4. The summed E-state index contributed by atoms with van der Waals surface area (Å²) in [7, 11) is 1.33. The Labute approximate surface area is 88.1 Å². The molecule has 0 bridgehead atoms. The average Bonchev–Trinajstić information content (AvgIpc) is 2.14. The molecule has 0 aliphatic carbocycles. The third-order valence-electron chi connectivity index (χ3n) is 2.34. The van der Waals surface area contributed by atoms with Gasteiger partial charge in [-0.2, -0.15) is 0 Å². The fourth-order valence-corrected chi connectivity index (χ4v) is 1.59. The number of carbonyl (C=O) groups is 1. The predicted octanol–water partition coefficient (Wildman–Crippen LogP) is 2.45. The zero-order chi connectivity index (χ0) is 10.9. The third-order valence-corrected chi connectivity index (χ3v) is 2.62. The lowest BCUT2D eigenvalue weighted by Crippen LogP contribution is -2.08. The van der Waals surface area contributed by atoms with Crippen LogP contribution in [-0.4, -0.2) is 18.1 Å². The van der Waals surface area contributed by atoms with Crippen molar-refractivity contribution in [3.05, 3.63) is 27.5 Å². The zero-order valence-electron chi connectivity index (χ0n) is 8.64. The van der Waals surface area contributed by atoms with Crippen LogP contribution in [0.25, 0.3) is 0 Å². The maximum Gasteiger partial charge on any atom is 0.341 e. The van der Waals surface area contributed by atoms with Gasteiger partial charge in [0.25, 0.3) is 0 Å². The van der Waals surface area contributed by atoms with Crippen molar-refractivity contribution in [1.82, 2.24) is 4.98 Å². The van der Waals surface area contributed by atoms with Crippen molar-refractivity contribution in [3.63, 3.8) is 0 Å². The third kappa shape index (κ3) is 1.73. The number of esters is 1. The Morgan fingerprint density at radius 3 is 2.36 bits per heavy atom. The summed E-state index contributed by atoms with van der Waals surface area (Å²) in [6.07, 6.45) is 0. The van der Waals surface area contributed by atoms with Gasteiger partial charge in [-0.05, 0) is 31.9 Å². The molecule has 14 heavy (non-hydrogen) atoms. The lowest BCUT2D eigenvalue weighted by Gasteiger charge is -2.10. The van der Waals surface area contributed by atoms with Crippen molar-refractivity contribution in [2.45, 2.75) is 20.8 Å². The van der Waals surface area contributed by atoms with Crippen LogP contribution < -0.4 is 0 Å². The van der Waals surface area contributed by atoms with Crippen LogP contribution >= 0.6 is 11.6 Å². The molecule has 76 valence electrons. The van der Waals surface area contributed by atoms with E-state index in [0.29, 0.717) is 5.56 Å². The highest BCUT2D eigenvalue weighted by molar-refractivity contribution is 6.32. The van der Waals surface area contributed by atoms with Gasteiger partial charge in [0.05, 0.1) is 7.11 Å². The number of aryl methyl sites for hydroxylation is 1. The van der Waals surface area contributed by atoms with E-state index in [4.69, 9.17) is 11.6 Å². The summed E-state index contributed by atoms with van der Waals surface area (Å²) in [5, 5.41) is 0.206. The molecule has 0 N–H and O–H groups in total. The van der Waals surface area contributed by atoms with Gasteiger partial charge in [0.2, 0.25) is 0 Å². The topological polar surface area (TPSA) is 39.2 Å². The van der Waals surface area contributed by atoms with E-state index in [0.717, 1.165) is 16.8 Å². The molecule has 0 aromatic carbocycles. The first-order valence-corrected chi connectivity index (χ1v) is 4.58. The Morgan fingerprint density at radius 2 is 1.86 bits per heavy atom. The van der Waals surface area contributed by atoms with Gasteiger partial charge in [-0.1, -0.05) is 11.6 Å². The van der Waals surface area contributed by atoms with Crippen molar-refractivity contribution < 1.29 is 9.53 Å². The monoisotopic (exact) mass is 213 g/mol. The van der Waals surface area contributed by atoms with Crippen LogP contribution in [0.4, 0.5) is 0 Å². The molecular weight excluding hydrogens is 202 g/mol. The predicted molar refractivity (Wildman–Crippen MR) is 54.8 cm³/mol. The Bertz CT molecular complexity index is 388. The molecule has 0 radical (unpaired) electrons. The van der Waals surface area contributed by atoms with Crippen LogP contribution in [-0.2, 0) is 4.74 Å². The van der Waals surface area contributed by atoms with E-state index in [9.17, 15) is 4.79 Å². The second kappa shape index (κ2) is 3.96. The second-order valence-electron chi connectivity index (χ2n) is 3.10. The van der Waals surface area contributed by atoms with Crippen LogP contribution in [0, 0.1) is 20.8 Å². The SMILES string of the molecule is COC(=O)c1c(Cl)nc(C)c(C)c1C. The summed E-state index contributed by atoms with van der Waals surface area (Å²) in [6.45, 7) is 5.60. The summed E-state index contributed by atoms with van der Waals surface area (Å²) in [5.41, 5.74) is 2.99. The number of nitrogens with zero attached hydrogens (tertiary/aromatic N) is 1. The molecular formula is C10H12ClNO2. The van der Waals surface area contributed by atoms with Crippen molar-refractivity contribution in [3.8, 4) is 0 Å². The summed E-state index contributed by atoms with van der Waals surface area (Å²) in [6, 6.07) is 0. The first-order valence-electron chi connectivity index (χ1n) is 4.20. The number of ether oxygens (including phenoxy) is 1. The Balaban J connectivity index is 3.44. The molecule has 0 aliphatic rings. The number of pyridine rings is 1. The van der Waals surface area contributed by atoms with Crippen molar-refractivity contribution in [2.75, 3.05) is 7.11 Å². The molecule has 0 saturated carbocycles. The molecule has 3 nitrogen and oxygen atoms in total. The Morgan fingerprint density at radius 1 is 1.29 bits per heavy atom. The van der Waals surface area contributed by atoms with Gasteiger partial charge in [-0.15, -0.1) is 0 Å². The first-order chi connectivity index (χ1) is 6.49. The van der Waals surface area contributed by atoms with Crippen LogP contribution in [0.1, 0.15) is 27.2 Å². The number of halogens is 1. The fourth-order valence-electron chi connectivity index (χ4n) is 1.24. The zero-order valence-corrected chi connectivity index (χ0v) is 9.40. The van der Waals surface area contributed by atoms with E-state index >= 15 is 0 Å². The summed E-state index contributed by atoms with van der Waals surface area (Å²) >= 11 is 5.87. The van der Waals surface area contributed by atoms with Crippen molar-refractivity contribution >= 4 is 17.6 Å². The number of rotatable bonds is 1. The van der Waals surface area contributed by atoms with Crippen LogP contribution in [0.5, 0.6) is 0 Å². The van der Waals surface area contributed by atoms with E-state index in [-0.39, 0.29) is 5.15 Å². The van der Waals surface area contributed by atoms with Crippen LogP contribution in [0.3, 0.4) is 0 Å². The van der Waals surface area contributed by atoms with Gasteiger partial charge >= 0.3 is 5.97 Å². The standard InChI is InChI=1S/C10H12ClNO2/c1-5-6(2)8(10(13)14-4)9(11)12-7(5)3/h1-4H3. The molecule has 0 fully saturated rings. The van der Waals surface area contributed by atoms with Gasteiger partial charge in [0.1, 0.15) is 10.7 Å². The van der Waals surface area contributed by atoms with E-state index < -0.39 is 5.97 Å². The molecule has 0 amide bonds. The summed E-state index contributed by atoms with van der Waals surface area (Å²) < 4.78 is 4.63. The minimum atomic E-state index is -0.442. The number of methoxy groups -OCH3 is 1. The summed E-state index contributed by atoms with van der Waals surface area (Å²) in [5.74, 6) is -0.442. The van der Waals surface area contributed by atoms with Gasteiger partial charge in [-0.25, -0.2) is 9.78 Å². The quantitative estimate of drug-likeness (QED) is 0.531. The van der Waals surface area contributed by atoms with Gasteiger partial charge < -0.3 is 4.74 Å². The molecule has 1 heterocycles. The molecule has 4 heteroatoms. The van der Waals surface area contributed by atoms with E-state index in [2.05, 4.69) is 9.72 Å². The fraction of sp³-hybridized carbons (Fsp3) is 0.400. The second-order valence-corrected chi connectivity index (χ2v) is 3.46.